The first-order chi connectivity index (χ1) is 12.1. The van der Waals surface area contributed by atoms with Gasteiger partial charge in [-0.15, -0.1) is 0 Å². The molecule has 2 atom stereocenters. The number of carbonyl (C=O) groups excluding carboxylic acids is 1. The third-order valence-electron chi connectivity index (χ3n) is 4.16. The number of hydrogen-bond donors (Lipinski definition) is 3. The van der Waals surface area contributed by atoms with Crippen molar-refractivity contribution in [3.8, 4) is 0 Å². The van der Waals surface area contributed by atoms with Crippen LogP contribution in [0.2, 0.25) is 5.02 Å². The minimum Gasteiger partial charge on any atom is -0.480 e. The average Bonchev–Trinajstić information content (AvgIpc) is 2.59. The molecule has 1 aliphatic heterocycles. The zero-order valence-electron chi connectivity index (χ0n) is 14.2. The molecule has 144 valence electrons. The van der Waals surface area contributed by atoms with E-state index in [2.05, 4.69) is 5.32 Å². The van der Waals surface area contributed by atoms with E-state index >= 15 is 0 Å². The number of nitrogens with one attached hydrogen (secondary N) is 1. The van der Waals surface area contributed by atoms with Crippen molar-refractivity contribution in [2.75, 3.05) is 13.1 Å². The quantitative estimate of drug-likeness (QED) is 0.651. The lowest BCUT2D eigenvalue weighted by Crippen LogP contribution is -2.47. The predicted octanol–water partition coefficient (Wildman–Crippen LogP) is 1.08. The number of carboxylic acids is 1. The Balaban J connectivity index is 2.31. The van der Waals surface area contributed by atoms with Crippen molar-refractivity contribution in [3.63, 3.8) is 0 Å². The third kappa shape index (κ3) is 4.53. The topological polar surface area (TPSA) is 124 Å². The fourth-order valence-electron chi connectivity index (χ4n) is 2.70. The number of aliphatic hydroxyl groups excluding tert-OH is 1. The van der Waals surface area contributed by atoms with Crippen molar-refractivity contribution in [2.24, 2.45) is 0 Å². The summed E-state index contributed by atoms with van der Waals surface area (Å²) in [5, 5.41) is 20.7. The summed E-state index contributed by atoms with van der Waals surface area (Å²) in [4.78, 5) is 23.2. The zero-order chi connectivity index (χ0) is 19.5. The summed E-state index contributed by atoms with van der Waals surface area (Å²) in [6.45, 7) is 2.00. The summed E-state index contributed by atoms with van der Waals surface area (Å²) in [6, 6.07) is 2.20. The van der Waals surface area contributed by atoms with Crippen LogP contribution in [0.1, 0.15) is 36.5 Å². The molecule has 0 radical (unpaired) electrons. The van der Waals surface area contributed by atoms with Crippen LogP contribution in [0.5, 0.6) is 0 Å². The molecule has 0 unspecified atom stereocenters. The normalized spacial score (nSPS) is 18.1. The van der Waals surface area contributed by atoms with Crippen molar-refractivity contribution < 1.29 is 28.2 Å². The Morgan fingerprint density at radius 3 is 2.38 bits per heavy atom. The van der Waals surface area contributed by atoms with E-state index in [4.69, 9.17) is 16.7 Å². The Kier molecular flexibility index (Phi) is 6.62. The largest absolute Gasteiger partial charge is 0.480 e. The molecule has 1 saturated heterocycles. The van der Waals surface area contributed by atoms with Gasteiger partial charge in [0, 0.05) is 18.7 Å². The van der Waals surface area contributed by atoms with Crippen LogP contribution in [-0.2, 0) is 14.8 Å². The highest BCUT2D eigenvalue weighted by Crippen LogP contribution is 2.28. The molecule has 1 heterocycles. The maximum Gasteiger partial charge on any atom is 0.328 e. The number of nitrogens with zero attached hydrogens (tertiary/aromatic N) is 1. The Bertz CT molecular complexity index is 790. The van der Waals surface area contributed by atoms with E-state index in [1.54, 1.807) is 0 Å². The number of sulfonamides is 1. The minimum absolute atomic E-state index is 0.0163. The number of aliphatic carboxylic acids is 1. The number of piperidine rings is 1. The summed E-state index contributed by atoms with van der Waals surface area (Å²) in [6.07, 6.45) is 1.15. The molecule has 8 nitrogen and oxygen atoms in total. The number of amides is 1. The van der Waals surface area contributed by atoms with Gasteiger partial charge in [-0.25, -0.2) is 13.2 Å². The predicted molar refractivity (Wildman–Crippen MR) is 94.6 cm³/mol. The molecule has 1 amide bonds. The third-order valence-corrected chi connectivity index (χ3v) is 6.54. The lowest BCUT2D eigenvalue weighted by molar-refractivity contribution is -0.141. The van der Waals surface area contributed by atoms with E-state index in [-0.39, 0.29) is 15.5 Å². The lowest BCUT2D eigenvalue weighted by Gasteiger charge is -2.26. The standard InChI is InChI=1S/C16H21ClN2O6S/c1-10(20)14(16(22)23)18-15(21)11-5-6-12(17)13(9-11)26(24,25)19-7-3-2-4-8-19/h5-6,9-10,14,20H,2-4,7-8H2,1H3,(H,18,21)(H,22,23)/t10-,14+/m0/s1. The van der Waals surface area contributed by atoms with Crippen molar-refractivity contribution >= 4 is 33.5 Å². The van der Waals surface area contributed by atoms with Gasteiger partial charge in [0.2, 0.25) is 10.0 Å². The second-order valence-corrected chi connectivity index (χ2v) is 8.45. The second kappa shape index (κ2) is 8.34. The molecule has 1 aliphatic rings. The van der Waals surface area contributed by atoms with E-state index in [9.17, 15) is 23.1 Å². The molecule has 2 rings (SSSR count). The summed E-state index contributed by atoms with van der Waals surface area (Å²) in [5.41, 5.74) is -0.0584. The van der Waals surface area contributed by atoms with Gasteiger partial charge >= 0.3 is 5.97 Å². The van der Waals surface area contributed by atoms with Gasteiger partial charge in [-0.2, -0.15) is 4.31 Å². The van der Waals surface area contributed by atoms with Crippen LogP contribution in [0.25, 0.3) is 0 Å². The molecule has 0 bridgehead atoms. The highest BCUT2D eigenvalue weighted by Gasteiger charge is 2.30. The van der Waals surface area contributed by atoms with Crippen LogP contribution in [-0.4, -0.2) is 60.0 Å². The van der Waals surface area contributed by atoms with E-state index in [0.717, 1.165) is 25.3 Å². The molecular formula is C16H21ClN2O6S. The van der Waals surface area contributed by atoms with E-state index in [1.807, 2.05) is 0 Å². The van der Waals surface area contributed by atoms with Crippen LogP contribution >= 0.6 is 11.6 Å². The molecule has 26 heavy (non-hydrogen) atoms. The maximum absolute atomic E-state index is 12.8. The minimum atomic E-state index is -3.85. The molecule has 0 spiro atoms. The van der Waals surface area contributed by atoms with Crippen LogP contribution in [0.15, 0.2) is 23.1 Å². The van der Waals surface area contributed by atoms with E-state index in [1.165, 1.54) is 23.4 Å². The molecule has 10 heteroatoms. The summed E-state index contributed by atoms with van der Waals surface area (Å²) in [5.74, 6) is -2.21. The summed E-state index contributed by atoms with van der Waals surface area (Å²) < 4.78 is 26.9. The number of carbonyl (C=O) groups is 2. The van der Waals surface area contributed by atoms with E-state index in [0.29, 0.717) is 13.1 Å². The number of carboxylic acid groups (broad SMARTS) is 1. The highest BCUT2D eigenvalue weighted by molar-refractivity contribution is 7.89. The van der Waals surface area contributed by atoms with Gasteiger partial charge in [-0.1, -0.05) is 18.0 Å². The number of halogens is 1. The Hall–Kier alpha value is -1.68. The average molecular weight is 405 g/mol. The van der Waals surface area contributed by atoms with Gasteiger partial charge < -0.3 is 15.5 Å². The smallest absolute Gasteiger partial charge is 0.328 e. The summed E-state index contributed by atoms with van der Waals surface area (Å²) >= 11 is 6.04. The highest BCUT2D eigenvalue weighted by atomic mass is 35.5. The lowest BCUT2D eigenvalue weighted by atomic mass is 10.1. The number of aliphatic hydroxyl groups is 1. The maximum atomic E-state index is 12.8. The van der Waals surface area contributed by atoms with Gasteiger partial charge in [0.25, 0.3) is 5.91 Å². The van der Waals surface area contributed by atoms with Crippen LogP contribution in [0.4, 0.5) is 0 Å². The van der Waals surface area contributed by atoms with Crippen molar-refractivity contribution in [3.05, 3.63) is 28.8 Å². The summed E-state index contributed by atoms with van der Waals surface area (Å²) in [7, 11) is -3.85. The first kappa shape index (κ1) is 20.6. The van der Waals surface area contributed by atoms with Crippen molar-refractivity contribution in [2.45, 2.75) is 43.2 Å². The van der Waals surface area contributed by atoms with Crippen LogP contribution < -0.4 is 5.32 Å². The molecule has 0 saturated carbocycles. The number of benzene rings is 1. The molecule has 0 aromatic heterocycles. The monoisotopic (exact) mass is 404 g/mol. The van der Waals surface area contributed by atoms with Crippen LogP contribution in [0, 0.1) is 0 Å². The molecule has 0 aliphatic carbocycles. The molecule has 1 aromatic rings. The van der Waals surface area contributed by atoms with Gasteiger partial charge in [-0.3, -0.25) is 4.79 Å². The fourth-order valence-corrected chi connectivity index (χ4v) is 4.72. The molecular weight excluding hydrogens is 384 g/mol. The Morgan fingerprint density at radius 1 is 1.23 bits per heavy atom. The molecule has 1 aromatic carbocycles. The zero-order valence-corrected chi connectivity index (χ0v) is 15.8. The van der Waals surface area contributed by atoms with Crippen LogP contribution in [0.3, 0.4) is 0 Å². The SMILES string of the molecule is C[C@H](O)[C@@H](NC(=O)c1ccc(Cl)c(S(=O)(=O)N2CCCCC2)c1)C(=O)O. The number of hydrogen-bond acceptors (Lipinski definition) is 5. The van der Waals surface area contributed by atoms with Gasteiger partial charge in [-0.05, 0) is 38.0 Å². The Morgan fingerprint density at radius 2 is 1.85 bits per heavy atom. The Labute approximate surface area is 156 Å². The van der Waals surface area contributed by atoms with Gasteiger partial charge in [0.1, 0.15) is 4.90 Å². The van der Waals surface area contributed by atoms with Crippen molar-refractivity contribution in [1.82, 2.24) is 9.62 Å². The second-order valence-electron chi connectivity index (χ2n) is 6.14. The van der Waals surface area contributed by atoms with Gasteiger partial charge in [0.05, 0.1) is 11.1 Å². The number of rotatable bonds is 6. The van der Waals surface area contributed by atoms with Crippen molar-refractivity contribution in [1.29, 1.82) is 0 Å². The van der Waals surface area contributed by atoms with E-state index < -0.39 is 34.0 Å². The first-order valence-electron chi connectivity index (χ1n) is 8.16. The molecule has 3 N–H and O–H groups in total. The fraction of sp³-hybridized carbons (Fsp3) is 0.500. The van der Waals surface area contributed by atoms with Gasteiger partial charge in [0.15, 0.2) is 6.04 Å². The molecule has 1 fully saturated rings. The first-order valence-corrected chi connectivity index (χ1v) is 9.98.